The van der Waals surface area contributed by atoms with E-state index in [-0.39, 0.29) is 5.91 Å². The fourth-order valence-corrected chi connectivity index (χ4v) is 3.34. The molecule has 0 fully saturated rings. The number of hydrogen-bond donors (Lipinski definition) is 1. The molecule has 0 aliphatic carbocycles. The monoisotopic (exact) mass is 420 g/mol. The van der Waals surface area contributed by atoms with Gasteiger partial charge in [0.1, 0.15) is 5.75 Å². The molecule has 21 heavy (non-hydrogen) atoms. The molecule has 1 aromatic rings. The number of rotatable bonds is 8. The number of ether oxygens (including phenoxy) is 1. The Bertz CT molecular complexity index is 456. The Kier molecular flexibility index (Phi) is 8.29. The van der Waals surface area contributed by atoms with Gasteiger partial charge in [-0.15, -0.1) is 0 Å². The molecule has 6 heteroatoms. The summed E-state index contributed by atoms with van der Waals surface area (Å²) in [7, 11) is 4.10. The van der Waals surface area contributed by atoms with E-state index >= 15 is 0 Å². The van der Waals surface area contributed by atoms with Crippen molar-refractivity contribution in [3.05, 3.63) is 26.6 Å². The molecular weight excluding hydrogens is 400 g/mol. The van der Waals surface area contributed by atoms with Crippen LogP contribution in [-0.4, -0.2) is 44.6 Å². The summed E-state index contributed by atoms with van der Waals surface area (Å²) in [5.74, 6) is 0.825. The normalized spacial score (nSPS) is 10.8. The maximum absolute atomic E-state index is 10.9. The van der Waals surface area contributed by atoms with Crippen LogP contribution in [0.5, 0.6) is 5.75 Å². The molecule has 118 valence electrons. The van der Waals surface area contributed by atoms with Crippen LogP contribution >= 0.6 is 31.9 Å². The second-order valence-electron chi connectivity index (χ2n) is 5.13. The van der Waals surface area contributed by atoms with Gasteiger partial charge in [0.15, 0.2) is 0 Å². The first kappa shape index (κ1) is 18.5. The van der Waals surface area contributed by atoms with Crippen molar-refractivity contribution in [2.24, 2.45) is 0 Å². The van der Waals surface area contributed by atoms with Crippen LogP contribution in [0.3, 0.4) is 0 Å². The number of halogens is 2. The predicted molar refractivity (Wildman–Crippen MR) is 92.9 cm³/mol. The highest BCUT2D eigenvalue weighted by Crippen LogP contribution is 2.35. The number of nitrogens with one attached hydrogen (secondary N) is 1. The zero-order valence-corrected chi connectivity index (χ0v) is 15.9. The first-order valence-corrected chi connectivity index (χ1v) is 8.48. The van der Waals surface area contributed by atoms with Gasteiger partial charge in [0.05, 0.1) is 15.6 Å². The fraction of sp³-hybridized carbons (Fsp3) is 0.533. The lowest BCUT2D eigenvalue weighted by molar-refractivity contribution is -0.118. The summed E-state index contributed by atoms with van der Waals surface area (Å²) in [4.78, 5) is 13.0. The Labute approximate surface area is 143 Å². The number of hydrogen-bond acceptors (Lipinski definition) is 3. The number of carbonyl (C=O) groups excluding carboxylic acids is 1. The van der Waals surface area contributed by atoms with E-state index < -0.39 is 0 Å². The van der Waals surface area contributed by atoms with Crippen molar-refractivity contribution in [3.63, 3.8) is 0 Å². The molecule has 0 atom stereocenters. The third kappa shape index (κ3) is 7.29. The summed E-state index contributed by atoms with van der Waals surface area (Å²) < 4.78 is 7.69. The standard InChI is InChI=1S/C15H22Br2N2O2/c1-11(20)18-6-5-12-9-13(16)15(14(17)10-12)21-8-4-7-19(2)3/h9-10H,4-8H2,1-3H3,(H,18,20). The van der Waals surface area contributed by atoms with Crippen LogP contribution in [0.1, 0.15) is 18.9 Å². The van der Waals surface area contributed by atoms with E-state index in [1.54, 1.807) is 0 Å². The molecule has 1 aromatic carbocycles. The molecule has 0 unspecified atom stereocenters. The first-order valence-electron chi connectivity index (χ1n) is 6.90. The maximum atomic E-state index is 10.9. The molecule has 0 spiro atoms. The van der Waals surface area contributed by atoms with Gasteiger partial charge in [-0.25, -0.2) is 0 Å². The molecule has 4 nitrogen and oxygen atoms in total. The minimum atomic E-state index is -0.00558. The van der Waals surface area contributed by atoms with E-state index in [4.69, 9.17) is 4.74 Å². The third-order valence-electron chi connectivity index (χ3n) is 2.84. The molecule has 0 aliphatic heterocycles. The lowest BCUT2D eigenvalue weighted by Crippen LogP contribution is -2.22. The van der Waals surface area contributed by atoms with Gasteiger partial charge in [-0.2, -0.15) is 0 Å². The molecule has 0 bridgehead atoms. The van der Waals surface area contributed by atoms with Crippen LogP contribution in [0, 0.1) is 0 Å². The van der Waals surface area contributed by atoms with Crippen LogP contribution in [0.25, 0.3) is 0 Å². The van der Waals surface area contributed by atoms with E-state index in [1.165, 1.54) is 6.92 Å². The summed E-state index contributed by atoms with van der Waals surface area (Å²) in [6, 6.07) is 4.07. The third-order valence-corrected chi connectivity index (χ3v) is 4.02. The molecule has 1 N–H and O–H groups in total. The largest absolute Gasteiger partial charge is 0.491 e. The van der Waals surface area contributed by atoms with Crippen molar-refractivity contribution < 1.29 is 9.53 Å². The fourth-order valence-electron chi connectivity index (χ4n) is 1.83. The molecule has 1 amide bonds. The minimum absolute atomic E-state index is 0.00558. The van der Waals surface area contributed by atoms with E-state index in [2.05, 4.69) is 56.2 Å². The second-order valence-corrected chi connectivity index (χ2v) is 6.84. The molecule has 1 rings (SSSR count). The van der Waals surface area contributed by atoms with Crippen LogP contribution in [0.15, 0.2) is 21.1 Å². The highest BCUT2D eigenvalue weighted by Gasteiger charge is 2.09. The van der Waals surface area contributed by atoms with Crippen LogP contribution in [0.2, 0.25) is 0 Å². The maximum Gasteiger partial charge on any atom is 0.216 e. The molecule has 0 aliphatic rings. The lowest BCUT2D eigenvalue weighted by atomic mass is 10.1. The van der Waals surface area contributed by atoms with E-state index in [9.17, 15) is 4.79 Å². The van der Waals surface area contributed by atoms with Gasteiger partial charge in [0.25, 0.3) is 0 Å². The molecule has 0 radical (unpaired) electrons. The summed E-state index contributed by atoms with van der Waals surface area (Å²) in [6.45, 7) is 3.85. The van der Waals surface area contributed by atoms with Crippen molar-refractivity contribution in [1.82, 2.24) is 10.2 Å². The highest BCUT2D eigenvalue weighted by atomic mass is 79.9. The Morgan fingerprint density at radius 2 is 1.90 bits per heavy atom. The summed E-state index contributed by atoms with van der Waals surface area (Å²) in [5, 5.41) is 2.79. The van der Waals surface area contributed by atoms with Crippen molar-refractivity contribution >= 4 is 37.8 Å². The average molecular weight is 422 g/mol. The van der Waals surface area contributed by atoms with Gasteiger partial charge in [-0.1, -0.05) is 0 Å². The first-order chi connectivity index (χ1) is 9.90. The van der Waals surface area contributed by atoms with Crippen molar-refractivity contribution in [3.8, 4) is 5.75 Å². The molecule has 0 aromatic heterocycles. The Balaban J connectivity index is 2.56. The molecular formula is C15H22Br2N2O2. The number of benzene rings is 1. The number of amides is 1. The average Bonchev–Trinajstić information content (AvgIpc) is 2.36. The summed E-state index contributed by atoms with van der Waals surface area (Å²) >= 11 is 7.09. The van der Waals surface area contributed by atoms with Gasteiger partial charge < -0.3 is 15.0 Å². The van der Waals surface area contributed by atoms with Gasteiger partial charge in [-0.05, 0) is 76.5 Å². The topological polar surface area (TPSA) is 41.6 Å². The summed E-state index contributed by atoms with van der Waals surface area (Å²) in [5.41, 5.74) is 1.14. The van der Waals surface area contributed by atoms with E-state index in [1.807, 2.05) is 12.1 Å². The van der Waals surface area contributed by atoms with Gasteiger partial charge in [0, 0.05) is 20.0 Å². The van der Waals surface area contributed by atoms with Gasteiger partial charge >= 0.3 is 0 Å². The predicted octanol–water partition coefficient (Wildman–Crippen LogP) is 3.22. The number of carbonyl (C=O) groups is 1. The van der Waals surface area contributed by atoms with E-state index in [0.717, 1.165) is 39.6 Å². The number of nitrogens with zero attached hydrogens (tertiary/aromatic N) is 1. The van der Waals surface area contributed by atoms with Gasteiger partial charge in [0.2, 0.25) is 5.91 Å². The zero-order chi connectivity index (χ0) is 15.8. The molecule has 0 saturated heterocycles. The van der Waals surface area contributed by atoms with Crippen molar-refractivity contribution in [2.75, 3.05) is 33.8 Å². The van der Waals surface area contributed by atoms with Crippen molar-refractivity contribution in [2.45, 2.75) is 19.8 Å². The van der Waals surface area contributed by atoms with E-state index in [0.29, 0.717) is 13.2 Å². The zero-order valence-electron chi connectivity index (χ0n) is 12.7. The molecule has 0 saturated carbocycles. The highest BCUT2D eigenvalue weighted by molar-refractivity contribution is 9.11. The van der Waals surface area contributed by atoms with Crippen LogP contribution < -0.4 is 10.1 Å². The second kappa shape index (κ2) is 9.43. The minimum Gasteiger partial charge on any atom is -0.491 e. The Morgan fingerprint density at radius 1 is 1.29 bits per heavy atom. The van der Waals surface area contributed by atoms with Crippen LogP contribution in [0.4, 0.5) is 0 Å². The lowest BCUT2D eigenvalue weighted by Gasteiger charge is -2.14. The van der Waals surface area contributed by atoms with Gasteiger partial charge in [-0.3, -0.25) is 4.79 Å². The Morgan fingerprint density at radius 3 is 2.43 bits per heavy atom. The SMILES string of the molecule is CC(=O)NCCc1cc(Br)c(OCCCN(C)C)c(Br)c1. The quantitative estimate of drug-likeness (QED) is 0.655. The Hall–Kier alpha value is -0.590. The summed E-state index contributed by atoms with van der Waals surface area (Å²) in [6.07, 6.45) is 1.77. The van der Waals surface area contributed by atoms with Crippen molar-refractivity contribution in [1.29, 1.82) is 0 Å². The smallest absolute Gasteiger partial charge is 0.216 e. The van der Waals surface area contributed by atoms with Crippen LogP contribution in [-0.2, 0) is 11.2 Å². The molecule has 0 heterocycles.